The Labute approximate surface area is 118 Å². The summed E-state index contributed by atoms with van der Waals surface area (Å²) in [6, 6.07) is 0. The van der Waals surface area contributed by atoms with Crippen LogP contribution in [0.15, 0.2) is 12.2 Å². The summed E-state index contributed by atoms with van der Waals surface area (Å²) in [5.74, 6) is -0.231. The average Bonchev–Trinajstić information content (AvgIpc) is 2.40. The van der Waals surface area contributed by atoms with Crippen LogP contribution >= 0.6 is 0 Å². The summed E-state index contributed by atoms with van der Waals surface area (Å²) in [7, 11) is 0. The second-order valence-corrected chi connectivity index (χ2v) is 4.90. The molecule has 0 spiro atoms. The standard InChI is InChI=1S/C16H30O3/c1-3-5-6-7-8-9-10-11-12-15(17)13-14-16(18)19-4-2/h11-12,15,17H,3-10,13-14H2,1-2H3. The van der Waals surface area contributed by atoms with Gasteiger partial charge in [0, 0.05) is 6.42 Å². The number of unbranched alkanes of at least 4 members (excludes halogenated alkanes) is 6. The number of ether oxygens (including phenoxy) is 1. The first-order chi connectivity index (χ1) is 9.20. The molecule has 0 saturated carbocycles. The van der Waals surface area contributed by atoms with Gasteiger partial charge in [0.05, 0.1) is 12.7 Å². The zero-order chi connectivity index (χ0) is 14.3. The van der Waals surface area contributed by atoms with Gasteiger partial charge in [-0.05, 0) is 26.2 Å². The Kier molecular flexibility index (Phi) is 13.0. The summed E-state index contributed by atoms with van der Waals surface area (Å²) in [6.45, 7) is 4.41. The van der Waals surface area contributed by atoms with E-state index in [0.717, 1.165) is 6.42 Å². The van der Waals surface area contributed by atoms with Gasteiger partial charge in [0.2, 0.25) is 0 Å². The molecule has 3 nitrogen and oxygen atoms in total. The zero-order valence-electron chi connectivity index (χ0n) is 12.6. The molecule has 1 unspecified atom stereocenters. The minimum atomic E-state index is -0.524. The summed E-state index contributed by atoms with van der Waals surface area (Å²) in [5.41, 5.74) is 0. The second kappa shape index (κ2) is 13.6. The molecular weight excluding hydrogens is 240 g/mol. The maximum Gasteiger partial charge on any atom is 0.305 e. The highest BCUT2D eigenvalue weighted by Crippen LogP contribution is 2.08. The maximum absolute atomic E-state index is 11.1. The molecule has 0 heterocycles. The fourth-order valence-electron chi connectivity index (χ4n) is 1.89. The van der Waals surface area contributed by atoms with Crippen molar-refractivity contribution in [2.75, 3.05) is 6.61 Å². The first-order valence-corrected chi connectivity index (χ1v) is 7.71. The van der Waals surface area contributed by atoms with Crippen LogP contribution in [-0.2, 0) is 9.53 Å². The molecule has 0 aromatic carbocycles. The Balaban J connectivity index is 3.41. The van der Waals surface area contributed by atoms with E-state index in [4.69, 9.17) is 4.74 Å². The molecule has 0 aliphatic carbocycles. The third-order valence-electron chi connectivity index (χ3n) is 3.03. The first-order valence-electron chi connectivity index (χ1n) is 7.71. The van der Waals surface area contributed by atoms with Gasteiger partial charge in [-0.1, -0.05) is 51.2 Å². The summed E-state index contributed by atoms with van der Waals surface area (Å²) >= 11 is 0. The number of hydrogen-bond donors (Lipinski definition) is 1. The van der Waals surface area contributed by atoms with Crippen LogP contribution in [0.4, 0.5) is 0 Å². The predicted octanol–water partition coefficient (Wildman–Crippen LogP) is 4.00. The molecule has 0 aromatic heterocycles. The molecule has 1 N–H and O–H groups in total. The van der Waals surface area contributed by atoms with Gasteiger partial charge in [0.25, 0.3) is 0 Å². The van der Waals surface area contributed by atoms with Crippen LogP contribution in [0.5, 0.6) is 0 Å². The number of allylic oxidation sites excluding steroid dienone is 1. The summed E-state index contributed by atoms with van der Waals surface area (Å²) < 4.78 is 4.81. The van der Waals surface area contributed by atoms with Crippen LogP contribution in [0.3, 0.4) is 0 Å². The van der Waals surface area contributed by atoms with E-state index in [0.29, 0.717) is 13.0 Å². The Morgan fingerprint density at radius 1 is 1.16 bits per heavy atom. The number of hydrogen-bond acceptors (Lipinski definition) is 3. The van der Waals surface area contributed by atoms with Gasteiger partial charge in [-0.25, -0.2) is 0 Å². The summed E-state index contributed by atoms with van der Waals surface area (Å²) in [6.07, 6.45) is 12.8. The molecule has 112 valence electrons. The van der Waals surface area contributed by atoms with Gasteiger partial charge in [0.15, 0.2) is 0 Å². The summed E-state index contributed by atoms with van der Waals surface area (Å²) in [5, 5.41) is 9.64. The molecule has 0 saturated heterocycles. The highest BCUT2D eigenvalue weighted by Gasteiger charge is 2.05. The lowest BCUT2D eigenvalue weighted by Gasteiger charge is -2.05. The largest absolute Gasteiger partial charge is 0.466 e. The van der Waals surface area contributed by atoms with Crippen molar-refractivity contribution in [1.29, 1.82) is 0 Å². The minimum Gasteiger partial charge on any atom is -0.466 e. The van der Waals surface area contributed by atoms with Crippen molar-refractivity contribution >= 4 is 5.97 Å². The van der Waals surface area contributed by atoms with Crippen molar-refractivity contribution in [2.45, 2.75) is 77.7 Å². The highest BCUT2D eigenvalue weighted by molar-refractivity contribution is 5.69. The van der Waals surface area contributed by atoms with Crippen molar-refractivity contribution < 1.29 is 14.6 Å². The zero-order valence-corrected chi connectivity index (χ0v) is 12.6. The highest BCUT2D eigenvalue weighted by atomic mass is 16.5. The fourth-order valence-corrected chi connectivity index (χ4v) is 1.89. The van der Waals surface area contributed by atoms with Crippen molar-refractivity contribution in [3.8, 4) is 0 Å². The van der Waals surface area contributed by atoms with Crippen molar-refractivity contribution in [3.63, 3.8) is 0 Å². The number of esters is 1. The van der Waals surface area contributed by atoms with E-state index in [9.17, 15) is 9.90 Å². The smallest absolute Gasteiger partial charge is 0.305 e. The predicted molar refractivity (Wildman–Crippen MR) is 79.0 cm³/mol. The number of aliphatic hydroxyl groups is 1. The van der Waals surface area contributed by atoms with Crippen LogP contribution in [-0.4, -0.2) is 23.8 Å². The Morgan fingerprint density at radius 2 is 1.84 bits per heavy atom. The lowest BCUT2D eigenvalue weighted by Crippen LogP contribution is -2.09. The number of carbonyl (C=O) groups is 1. The van der Waals surface area contributed by atoms with Crippen molar-refractivity contribution in [3.05, 3.63) is 12.2 Å². The molecule has 19 heavy (non-hydrogen) atoms. The van der Waals surface area contributed by atoms with Gasteiger partial charge in [0.1, 0.15) is 0 Å². The minimum absolute atomic E-state index is 0.231. The quantitative estimate of drug-likeness (QED) is 0.331. The molecule has 0 radical (unpaired) electrons. The molecule has 0 fully saturated rings. The van der Waals surface area contributed by atoms with Gasteiger partial charge < -0.3 is 9.84 Å². The molecular formula is C16H30O3. The average molecular weight is 270 g/mol. The van der Waals surface area contributed by atoms with Gasteiger partial charge in [-0.3, -0.25) is 4.79 Å². The third kappa shape index (κ3) is 13.4. The van der Waals surface area contributed by atoms with Gasteiger partial charge in [-0.15, -0.1) is 0 Å². The van der Waals surface area contributed by atoms with Crippen LogP contribution in [0.25, 0.3) is 0 Å². The van der Waals surface area contributed by atoms with E-state index >= 15 is 0 Å². The maximum atomic E-state index is 11.1. The lowest BCUT2D eigenvalue weighted by molar-refractivity contribution is -0.143. The topological polar surface area (TPSA) is 46.5 Å². The summed E-state index contributed by atoms with van der Waals surface area (Å²) in [4.78, 5) is 11.1. The fraction of sp³-hybridized carbons (Fsp3) is 0.812. The molecule has 0 aliphatic heterocycles. The van der Waals surface area contributed by atoms with Crippen LogP contribution in [0.1, 0.15) is 71.6 Å². The van der Waals surface area contributed by atoms with E-state index in [1.54, 1.807) is 13.0 Å². The Bertz CT molecular complexity index is 236. The molecule has 0 bridgehead atoms. The molecule has 3 heteroatoms. The van der Waals surface area contributed by atoms with Crippen LogP contribution in [0, 0.1) is 0 Å². The molecule has 0 aromatic rings. The van der Waals surface area contributed by atoms with E-state index < -0.39 is 6.10 Å². The SMILES string of the molecule is CCCCCCCCC=CC(O)CCC(=O)OCC. The first kappa shape index (κ1) is 18.2. The van der Waals surface area contributed by atoms with Crippen molar-refractivity contribution in [2.24, 2.45) is 0 Å². The normalized spacial score (nSPS) is 12.8. The lowest BCUT2D eigenvalue weighted by atomic mass is 10.1. The van der Waals surface area contributed by atoms with Gasteiger partial charge >= 0.3 is 5.97 Å². The van der Waals surface area contributed by atoms with Crippen molar-refractivity contribution in [1.82, 2.24) is 0 Å². The second-order valence-electron chi connectivity index (χ2n) is 4.90. The number of carbonyl (C=O) groups excluding carboxylic acids is 1. The van der Waals surface area contributed by atoms with E-state index in [2.05, 4.69) is 6.92 Å². The molecule has 0 aliphatic rings. The van der Waals surface area contributed by atoms with E-state index in [1.807, 2.05) is 6.08 Å². The monoisotopic (exact) mass is 270 g/mol. The Morgan fingerprint density at radius 3 is 2.53 bits per heavy atom. The molecule has 0 rings (SSSR count). The van der Waals surface area contributed by atoms with E-state index in [-0.39, 0.29) is 12.4 Å². The molecule has 0 amide bonds. The molecule has 1 atom stereocenters. The number of aliphatic hydroxyl groups excluding tert-OH is 1. The third-order valence-corrected chi connectivity index (χ3v) is 3.03. The van der Waals surface area contributed by atoms with E-state index in [1.165, 1.54) is 38.5 Å². The Hall–Kier alpha value is -0.830. The number of rotatable bonds is 12. The van der Waals surface area contributed by atoms with Crippen LogP contribution in [0.2, 0.25) is 0 Å². The van der Waals surface area contributed by atoms with Gasteiger partial charge in [-0.2, -0.15) is 0 Å². The van der Waals surface area contributed by atoms with Crippen LogP contribution < -0.4 is 0 Å².